The van der Waals surface area contributed by atoms with Gasteiger partial charge in [0.2, 0.25) is 11.8 Å². The summed E-state index contributed by atoms with van der Waals surface area (Å²) in [5.41, 5.74) is 2.29. The summed E-state index contributed by atoms with van der Waals surface area (Å²) in [6, 6.07) is 14.1. The number of anilines is 2. The Labute approximate surface area is 175 Å². The topological polar surface area (TPSA) is 76.2 Å². The van der Waals surface area contributed by atoms with Gasteiger partial charge in [-0.1, -0.05) is 30.3 Å². The minimum absolute atomic E-state index is 0.0891. The number of hydrogen-bond donors (Lipinski definition) is 0. The molecule has 2 aliphatic rings. The van der Waals surface area contributed by atoms with E-state index in [0.717, 1.165) is 5.56 Å². The number of nitrogens with zero attached hydrogens (tertiary/aromatic N) is 2. The summed E-state index contributed by atoms with van der Waals surface area (Å²) in [5, 5.41) is 0. The van der Waals surface area contributed by atoms with Crippen molar-refractivity contribution in [3.63, 3.8) is 0 Å². The van der Waals surface area contributed by atoms with Gasteiger partial charge >= 0.3 is 5.97 Å². The van der Waals surface area contributed by atoms with Crippen molar-refractivity contribution in [1.82, 2.24) is 0 Å². The van der Waals surface area contributed by atoms with E-state index in [1.54, 1.807) is 4.90 Å². The number of hydrogen-bond acceptors (Lipinski definition) is 5. The van der Waals surface area contributed by atoms with Gasteiger partial charge in [0.05, 0.1) is 25.3 Å². The fourth-order valence-corrected chi connectivity index (χ4v) is 4.24. The second-order valence-corrected chi connectivity index (χ2v) is 7.39. The van der Waals surface area contributed by atoms with E-state index in [0.29, 0.717) is 30.2 Å². The van der Waals surface area contributed by atoms with Crippen LogP contribution in [-0.2, 0) is 25.5 Å². The van der Waals surface area contributed by atoms with Crippen LogP contribution in [0, 0.1) is 5.92 Å². The summed E-state index contributed by atoms with van der Waals surface area (Å²) >= 11 is 0. The average molecular weight is 408 g/mol. The molecule has 0 saturated carbocycles. The molecule has 0 N–H and O–H groups in total. The lowest BCUT2D eigenvalue weighted by Gasteiger charge is -2.26. The van der Waals surface area contributed by atoms with Crippen LogP contribution in [0.25, 0.3) is 0 Å². The number of benzene rings is 2. The first kappa shape index (κ1) is 19.9. The monoisotopic (exact) mass is 408 g/mol. The lowest BCUT2D eigenvalue weighted by Crippen LogP contribution is -2.46. The molecule has 1 saturated heterocycles. The first-order valence-electron chi connectivity index (χ1n) is 10.1. The van der Waals surface area contributed by atoms with E-state index < -0.39 is 17.9 Å². The van der Waals surface area contributed by atoms with Gasteiger partial charge in [-0.15, -0.1) is 0 Å². The fraction of sp³-hybridized carbons (Fsp3) is 0.348. The zero-order valence-corrected chi connectivity index (χ0v) is 17.0. The molecule has 0 radical (unpaired) electrons. The smallest absolute Gasteiger partial charge is 0.329 e. The van der Waals surface area contributed by atoms with Crippen molar-refractivity contribution in [2.45, 2.75) is 25.8 Å². The third-order valence-electron chi connectivity index (χ3n) is 5.62. The van der Waals surface area contributed by atoms with Crippen molar-refractivity contribution < 1.29 is 23.9 Å². The van der Waals surface area contributed by atoms with Crippen molar-refractivity contribution in [2.75, 3.05) is 30.1 Å². The molecule has 0 aromatic heterocycles. The molecule has 7 nitrogen and oxygen atoms in total. The molecule has 2 heterocycles. The number of carbonyl (C=O) groups is 3. The number of para-hydroxylation sites is 3. The number of methoxy groups -OCH3 is 1. The van der Waals surface area contributed by atoms with Crippen molar-refractivity contribution in [1.29, 1.82) is 0 Å². The molecule has 0 bridgehead atoms. The Kier molecular flexibility index (Phi) is 5.44. The van der Waals surface area contributed by atoms with Gasteiger partial charge < -0.3 is 14.4 Å². The molecule has 2 atom stereocenters. The summed E-state index contributed by atoms with van der Waals surface area (Å²) in [6.45, 7) is 2.60. The van der Waals surface area contributed by atoms with Crippen molar-refractivity contribution >= 4 is 29.2 Å². The molecule has 2 aromatic rings. The second-order valence-electron chi connectivity index (χ2n) is 7.39. The van der Waals surface area contributed by atoms with E-state index >= 15 is 0 Å². The minimum atomic E-state index is -0.709. The molecule has 2 amide bonds. The number of fused-ring (bicyclic) bond motifs is 1. The SMILES string of the molecule is CCOc1ccccc1N1CC(C(=O)N2c3ccccc3CC2C(=O)OC)CC1=O. The first-order valence-corrected chi connectivity index (χ1v) is 10.1. The molecule has 7 heteroatoms. The lowest BCUT2D eigenvalue weighted by molar-refractivity contribution is -0.143. The van der Waals surface area contributed by atoms with E-state index in [4.69, 9.17) is 9.47 Å². The van der Waals surface area contributed by atoms with Gasteiger partial charge in [0, 0.05) is 25.1 Å². The van der Waals surface area contributed by atoms with Crippen molar-refractivity contribution in [3.05, 3.63) is 54.1 Å². The van der Waals surface area contributed by atoms with Crippen LogP contribution >= 0.6 is 0 Å². The average Bonchev–Trinajstić information content (AvgIpc) is 3.34. The zero-order chi connectivity index (χ0) is 21.3. The molecule has 4 rings (SSSR count). The molecule has 156 valence electrons. The van der Waals surface area contributed by atoms with Crippen LogP contribution in [0.5, 0.6) is 5.75 Å². The van der Waals surface area contributed by atoms with E-state index in [2.05, 4.69) is 0 Å². The number of ether oxygens (including phenoxy) is 2. The Morgan fingerprint density at radius 2 is 1.73 bits per heavy atom. The maximum absolute atomic E-state index is 13.5. The summed E-state index contributed by atoms with van der Waals surface area (Å²) in [6.07, 6.45) is 0.498. The molecular weight excluding hydrogens is 384 g/mol. The number of carbonyl (C=O) groups excluding carboxylic acids is 3. The summed E-state index contributed by atoms with van der Waals surface area (Å²) in [5.74, 6) is -0.768. The van der Waals surface area contributed by atoms with Crippen LogP contribution < -0.4 is 14.5 Å². The van der Waals surface area contributed by atoms with Crippen molar-refractivity contribution in [2.24, 2.45) is 5.92 Å². The molecule has 1 fully saturated rings. The molecule has 30 heavy (non-hydrogen) atoms. The number of esters is 1. The highest BCUT2D eigenvalue weighted by Gasteiger charge is 2.45. The lowest BCUT2D eigenvalue weighted by atomic mass is 10.1. The van der Waals surface area contributed by atoms with Crippen LogP contribution in [-0.4, -0.2) is 44.1 Å². The van der Waals surface area contributed by atoms with Crippen LogP contribution in [0.2, 0.25) is 0 Å². The highest BCUT2D eigenvalue weighted by molar-refractivity contribution is 6.08. The molecule has 0 aliphatic carbocycles. The quantitative estimate of drug-likeness (QED) is 0.711. The van der Waals surface area contributed by atoms with Crippen LogP contribution in [0.3, 0.4) is 0 Å². The van der Waals surface area contributed by atoms with Crippen LogP contribution in [0.15, 0.2) is 48.5 Å². The third-order valence-corrected chi connectivity index (χ3v) is 5.62. The van der Waals surface area contributed by atoms with Gasteiger partial charge in [-0.3, -0.25) is 14.5 Å². The number of amides is 2. The minimum Gasteiger partial charge on any atom is -0.492 e. The maximum atomic E-state index is 13.5. The van der Waals surface area contributed by atoms with E-state index in [1.165, 1.54) is 12.0 Å². The van der Waals surface area contributed by atoms with Gasteiger partial charge in [0.25, 0.3) is 0 Å². The van der Waals surface area contributed by atoms with E-state index in [1.807, 2.05) is 55.5 Å². The summed E-state index contributed by atoms with van der Waals surface area (Å²) in [4.78, 5) is 41.7. The Balaban J connectivity index is 1.61. The summed E-state index contributed by atoms with van der Waals surface area (Å²) < 4.78 is 10.6. The van der Waals surface area contributed by atoms with Gasteiger partial charge in [-0.25, -0.2) is 4.79 Å². The van der Waals surface area contributed by atoms with Crippen molar-refractivity contribution in [3.8, 4) is 5.75 Å². The highest BCUT2D eigenvalue weighted by Crippen LogP contribution is 2.37. The molecule has 0 spiro atoms. The Morgan fingerprint density at radius 1 is 1.03 bits per heavy atom. The third kappa shape index (κ3) is 3.40. The van der Waals surface area contributed by atoms with Gasteiger partial charge in [-0.05, 0) is 30.7 Å². The predicted molar refractivity (Wildman–Crippen MR) is 112 cm³/mol. The van der Waals surface area contributed by atoms with E-state index in [9.17, 15) is 14.4 Å². The van der Waals surface area contributed by atoms with Crippen LogP contribution in [0.1, 0.15) is 18.9 Å². The largest absolute Gasteiger partial charge is 0.492 e. The molecule has 2 aromatic carbocycles. The standard InChI is InChI=1S/C23H24N2O5/c1-3-30-20-11-7-6-10-18(20)24-14-16(13-21(24)26)22(27)25-17-9-5-4-8-15(17)12-19(25)23(28)29-2/h4-11,16,19H,3,12-14H2,1-2H3. The normalized spacial score (nSPS) is 20.3. The van der Waals surface area contributed by atoms with Gasteiger partial charge in [0.1, 0.15) is 11.8 Å². The van der Waals surface area contributed by atoms with Gasteiger partial charge in [-0.2, -0.15) is 0 Å². The maximum Gasteiger partial charge on any atom is 0.329 e. The molecular formula is C23H24N2O5. The molecule has 2 aliphatic heterocycles. The Hall–Kier alpha value is -3.35. The number of rotatable bonds is 5. The fourth-order valence-electron chi connectivity index (χ4n) is 4.24. The van der Waals surface area contributed by atoms with Crippen LogP contribution in [0.4, 0.5) is 11.4 Å². The first-order chi connectivity index (χ1) is 14.5. The Bertz CT molecular complexity index is 989. The molecule has 2 unspecified atom stereocenters. The van der Waals surface area contributed by atoms with Gasteiger partial charge in [0.15, 0.2) is 0 Å². The second kappa shape index (κ2) is 8.18. The zero-order valence-electron chi connectivity index (χ0n) is 17.0. The summed E-state index contributed by atoms with van der Waals surface area (Å²) in [7, 11) is 1.32. The highest BCUT2D eigenvalue weighted by atomic mass is 16.5. The van der Waals surface area contributed by atoms with E-state index in [-0.39, 0.29) is 24.8 Å². The Morgan fingerprint density at radius 3 is 2.47 bits per heavy atom. The predicted octanol–water partition coefficient (Wildman–Crippen LogP) is 2.57.